The van der Waals surface area contributed by atoms with Crippen LogP contribution in [0.3, 0.4) is 0 Å². The molecule has 2 heterocycles. The molecule has 140 valence electrons. The first-order valence-corrected chi connectivity index (χ1v) is 9.60. The average molecular weight is 384 g/mol. The lowest BCUT2D eigenvalue weighted by atomic mass is 9.97. The summed E-state index contributed by atoms with van der Waals surface area (Å²) in [7, 11) is 0. The van der Waals surface area contributed by atoms with Crippen molar-refractivity contribution in [1.29, 1.82) is 10.5 Å². The molecule has 0 bridgehead atoms. The minimum Gasteiger partial charge on any atom is -0.308 e. The predicted octanol–water partition coefficient (Wildman–Crippen LogP) is 5.90. The first-order valence-electron chi connectivity index (χ1n) is 9.60. The van der Waals surface area contributed by atoms with E-state index in [2.05, 4.69) is 39.9 Å². The van der Waals surface area contributed by atoms with Gasteiger partial charge in [0.25, 0.3) is 0 Å². The van der Waals surface area contributed by atoms with Crippen molar-refractivity contribution in [2.75, 3.05) is 0 Å². The quantitative estimate of drug-likeness (QED) is 0.381. The highest BCUT2D eigenvalue weighted by Crippen LogP contribution is 2.37. The molecular formula is C26H16N4. The van der Waals surface area contributed by atoms with Crippen LogP contribution in [0.1, 0.15) is 16.7 Å². The summed E-state index contributed by atoms with van der Waals surface area (Å²) in [6.45, 7) is 2.00. The van der Waals surface area contributed by atoms with Gasteiger partial charge >= 0.3 is 0 Å². The van der Waals surface area contributed by atoms with E-state index in [0.29, 0.717) is 11.1 Å². The van der Waals surface area contributed by atoms with Gasteiger partial charge in [-0.2, -0.15) is 10.5 Å². The molecule has 0 saturated carbocycles. The number of rotatable bonds is 2. The lowest BCUT2D eigenvalue weighted by Gasteiger charge is -2.15. The van der Waals surface area contributed by atoms with E-state index in [0.717, 1.165) is 44.2 Å². The van der Waals surface area contributed by atoms with E-state index >= 15 is 0 Å². The number of hydrogen-bond donors (Lipinski definition) is 0. The Kier molecular flexibility index (Phi) is 4.05. The zero-order chi connectivity index (χ0) is 20.7. The molecule has 0 amide bonds. The van der Waals surface area contributed by atoms with Gasteiger partial charge in [0.05, 0.1) is 28.2 Å². The van der Waals surface area contributed by atoms with Crippen molar-refractivity contribution >= 4 is 21.8 Å². The summed E-state index contributed by atoms with van der Waals surface area (Å²) in [5, 5.41) is 21.7. The molecule has 0 fully saturated rings. The lowest BCUT2D eigenvalue weighted by Crippen LogP contribution is -2.00. The van der Waals surface area contributed by atoms with Gasteiger partial charge in [-0.05, 0) is 54.4 Å². The molecule has 0 radical (unpaired) electrons. The van der Waals surface area contributed by atoms with E-state index in [1.807, 2.05) is 55.5 Å². The van der Waals surface area contributed by atoms with Gasteiger partial charge in [0.15, 0.2) is 0 Å². The van der Waals surface area contributed by atoms with Crippen molar-refractivity contribution in [3.63, 3.8) is 0 Å². The van der Waals surface area contributed by atoms with Crippen LogP contribution in [0, 0.1) is 29.6 Å². The Hall–Kier alpha value is -4.41. The van der Waals surface area contributed by atoms with Crippen LogP contribution in [0.2, 0.25) is 0 Å². The summed E-state index contributed by atoms with van der Waals surface area (Å²) >= 11 is 0. The van der Waals surface area contributed by atoms with Crippen molar-refractivity contribution < 1.29 is 0 Å². The van der Waals surface area contributed by atoms with Gasteiger partial charge in [0.1, 0.15) is 6.07 Å². The van der Waals surface area contributed by atoms with Crippen molar-refractivity contribution in [2.24, 2.45) is 0 Å². The number of benzene rings is 3. The van der Waals surface area contributed by atoms with Gasteiger partial charge in [0, 0.05) is 34.4 Å². The number of para-hydroxylation sites is 2. The highest BCUT2D eigenvalue weighted by atomic mass is 15.0. The van der Waals surface area contributed by atoms with Crippen LogP contribution < -0.4 is 0 Å². The second-order valence-corrected chi connectivity index (χ2v) is 7.20. The smallest absolute Gasteiger partial charge is 0.101 e. The average Bonchev–Trinajstić information content (AvgIpc) is 3.14. The van der Waals surface area contributed by atoms with Crippen LogP contribution in [0.5, 0.6) is 0 Å². The molecule has 0 aliphatic rings. The largest absolute Gasteiger partial charge is 0.308 e. The van der Waals surface area contributed by atoms with Crippen LogP contribution in [0.4, 0.5) is 0 Å². The SMILES string of the molecule is Cc1cc(C#N)c(-c2ccncc2)cc1-n1c2ccccc2c2cccc(C#N)c21. The minimum absolute atomic E-state index is 0.615. The predicted molar refractivity (Wildman–Crippen MR) is 118 cm³/mol. The summed E-state index contributed by atoms with van der Waals surface area (Å²) in [4.78, 5) is 4.10. The third-order valence-corrected chi connectivity index (χ3v) is 5.50. The van der Waals surface area contributed by atoms with Crippen LogP contribution in [0.15, 0.2) is 79.1 Å². The fourth-order valence-corrected chi connectivity index (χ4v) is 4.16. The maximum atomic E-state index is 9.80. The molecular weight excluding hydrogens is 368 g/mol. The Morgan fingerprint density at radius 1 is 0.800 bits per heavy atom. The van der Waals surface area contributed by atoms with Gasteiger partial charge in [0.2, 0.25) is 0 Å². The zero-order valence-electron chi connectivity index (χ0n) is 16.3. The molecule has 5 rings (SSSR count). The number of aryl methyl sites for hydroxylation is 1. The topological polar surface area (TPSA) is 65.4 Å². The highest BCUT2D eigenvalue weighted by molar-refractivity contribution is 6.11. The Labute approximate surface area is 173 Å². The molecule has 3 aromatic carbocycles. The highest BCUT2D eigenvalue weighted by Gasteiger charge is 2.18. The summed E-state index contributed by atoms with van der Waals surface area (Å²) < 4.78 is 2.14. The van der Waals surface area contributed by atoms with Crippen molar-refractivity contribution in [1.82, 2.24) is 9.55 Å². The van der Waals surface area contributed by atoms with Crippen LogP contribution in [-0.2, 0) is 0 Å². The Balaban J connectivity index is 1.94. The van der Waals surface area contributed by atoms with Crippen molar-refractivity contribution in [3.05, 3.63) is 95.8 Å². The number of aromatic nitrogens is 2. The maximum Gasteiger partial charge on any atom is 0.101 e. The molecule has 0 spiro atoms. The third kappa shape index (κ3) is 2.56. The molecule has 0 saturated heterocycles. The van der Waals surface area contributed by atoms with Gasteiger partial charge < -0.3 is 4.57 Å². The van der Waals surface area contributed by atoms with E-state index in [-0.39, 0.29) is 0 Å². The summed E-state index contributed by atoms with van der Waals surface area (Å²) in [6.07, 6.45) is 3.45. The number of nitrogens with zero attached hydrogens (tertiary/aromatic N) is 4. The lowest BCUT2D eigenvalue weighted by molar-refractivity contribution is 1.14. The molecule has 30 heavy (non-hydrogen) atoms. The normalized spacial score (nSPS) is 10.8. The maximum absolute atomic E-state index is 9.80. The van der Waals surface area contributed by atoms with Gasteiger partial charge in [-0.1, -0.05) is 30.3 Å². The van der Waals surface area contributed by atoms with Gasteiger partial charge in [-0.25, -0.2) is 0 Å². The van der Waals surface area contributed by atoms with Crippen molar-refractivity contribution in [2.45, 2.75) is 6.92 Å². The molecule has 0 unspecified atom stereocenters. The van der Waals surface area contributed by atoms with E-state index in [4.69, 9.17) is 0 Å². The number of fused-ring (bicyclic) bond motifs is 3. The van der Waals surface area contributed by atoms with E-state index < -0.39 is 0 Å². The molecule has 0 aliphatic heterocycles. The fourth-order valence-electron chi connectivity index (χ4n) is 4.16. The Morgan fingerprint density at radius 2 is 1.53 bits per heavy atom. The zero-order valence-corrected chi connectivity index (χ0v) is 16.3. The molecule has 0 atom stereocenters. The fraction of sp³-hybridized carbons (Fsp3) is 0.0385. The van der Waals surface area contributed by atoms with E-state index in [1.54, 1.807) is 12.4 Å². The Morgan fingerprint density at radius 3 is 2.30 bits per heavy atom. The first-order chi connectivity index (χ1) is 14.7. The molecule has 2 aromatic heterocycles. The minimum atomic E-state index is 0.615. The third-order valence-electron chi connectivity index (χ3n) is 5.50. The van der Waals surface area contributed by atoms with Crippen LogP contribution in [-0.4, -0.2) is 9.55 Å². The van der Waals surface area contributed by atoms with Crippen LogP contribution >= 0.6 is 0 Å². The monoisotopic (exact) mass is 384 g/mol. The van der Waals surface area contributed by atoms with Gasteiger partial charge in [-0.3, -0.25) is 4.98 Å². The summed E-state index contributed by atoms with van der Waals surface area (Å²) in [6, 6.07) is 26.4. The van der Waals surface area contributed by atoms with E-state index in [1.165, 1.54) is 0 Å². The van der Waals surface area contributed by atoms with E-state index in [9.17, 15) is 10.5 Å². The summed E-state index contributed by atoms with van der Waals surface area (Å²) in [5.41, 5.74) is 6.86. The number of pyridine rings is 1. The molecule has 0 N–H and O–H groups in total. The molecule has 5 aromatic rings. The second kappa shape index (κ2) is 6.88. The number of nitriles is 2. The first kappa shape index (κ1) is 17.7. The molecule has 4 nitrogen and oxygen atoms in total. The number of hydrogen-bond acceptors (Lipinski definition) is 3. The van der Waals surface area contributed by atoms with Gasteiger partial charge in [-0.15, -0.1) is 0 Å². The van der Waals surface area contributed by atoms with Crippen LogP contribution in [0.25, 0.3) is 38.6 Å². The molecule has 4 heteroatoms. The standard InChI is InChI=1S/C26H16N4/c1-17-13-20(16-28)23(18-9-11-29-12-10-18)14-25(17)30-24-8-3-2-6-21(24)22-7-4-5-19(15-27)26(22)30/h2-14H,1H3. The summed E-state index contributed by atoms with van der Waals surface area (Å²) in [5.74, 6) is 0. The second-order valence-electron chi connectivity index (χ2n) is 7.20. The Bertz CT molecular complexity index is 1510. The van der Waals surface area contributed by atoms with Crippen molar-refractivity contribution in [3.8, 4) is 29.0 Å². The molecule has 0 aliphatic carbocycles.